The van der Waals surface area contributed by atoms with Gasteiger partial charge in [0.2, 0.25) is 0 Å². The Morgan fingerprint density at radius 3 is 2.74 bits per heavy atom. The molecule has 0 spiro atoms. The highest BCUT2D eigenvalue weighted by atomic mass is 79.9. The van der Waals surface area contributed by atoms with Gasteiger partial charge in [0, 0.05) is 31.7 Å². The molecule has 1 aromatic carbocycles. The largest absolute Gasteiger partial charge is 0.294 e. The number of rotatable bonds is 3. The Balaban J connectivity index is 1.42. The first-order chi connectivity index (χ1) is 11.1. The van der Waals surface area contributed by atoms with Crippen molar-refractivity contribution in [1.29, 1.82) is 0 Å². The molecule has 6 heteroatoms. The van der Waals surface area contributed by atoms with E-state index < -0.39 is 0 Å². The summed E-state index contributed by atoms with van der Waals surface area (Å²) in [6, 6.07) is 10.00. The summed E-state index contributed by atoms with van der Waals surface area (Å²) in [5.74, 6) is -0.141. The number of hydrogen-bond donors (Lipinski definition) is 0. The number of hydrogen-bond acceptors (Lipinski definition) is 4. The first-order valence-corrected chi connectivity index (χ1v) is 9.15. The summed E-state index contributed by atoms with van der Waals surface area (Å²) in [6.45, 7) is 5.90. The van der Waals surface area contributed by atoms with Gasteiger partial charge in [-0.3, -0.25) is 14.6 Å². The van der Waals surface area contributed by atoms with Gasteiger partial charge >= 0.3 is 0 Å². The van der Waals surface area contributed by atoms with Gasteiger partial charge in [-0.25, -0.2) is 0 Å². The monoisotopic (exact) mass is 376 g/mol. The zero-order valence-corrected chi connectivity index (χ0v) is 14.8. The van der Waals surface area contributed by atoms with E-state index >= 15 is 0 Å². The summed E-state index contributed by atoms with van der Waals surface area (Å²) in [5.41, 5.74) is 2.80. The maximum absolute atomic E-state index is 11.7. The van der Waals surface area contributed by atoms with Crippen LogP contribution in [0.4, 0.5) is 0 Å². The fraction of sp³-hybridized carbons (Fsp3) is 0.588. The lowest BCUT2D eigenvalue weighted by Crippen LogP contribution is -2.70. The van der Waals surface area contributed by atoms with E-state index in [0.717, 1.165) is 19.6 Å². The minimum atomic E-state index is -0.206. The minimum absolute atomic E-state index is 0.141. The molecule has 3 saturated heterocycles. The normalized spacial score (nSPS) is 34.4. The van der Waals surface area contributed by atoms with E-state index in [1.807, 2.05) is 0 Å². The predicted octanol–water partition coefficient (Wildman–Crippen LogP) is 2.38. The van der Waals surface area contributed by atoms with Crippen molar-refractivity contribution in [3.05, 3.63) is 35.4 Å². The van der Waals surface area contributed by atoms with Gasteiger partial charge in [-0.15, -0.1) is 5.11 Å². The average Bonchev–Trinajstić information content (AvgIpc) is 2.56. The van der Waals surface area contributed by atoms with E-state index in [0.29, 0.717) is 18.6 Å². The molecular weight excluding hydrogens is 356 g/mol. The van der Waals surface area contributed by atoms with E-state index in [2.05, 4.69) is 67.1 Å². The minimum Gasteiger partial charge on any atom is -0.294 e. The molecule has 4 unspecified atom stereocenters. The van der Waals surface area contributed by atoms with Gasteiger partial charge in [0.15, 0.2) is 0 Å². The molecule has 2 bridgehead atoms. The van der Waals surface area contributed by atoms with Crippen LogP contribution in [0.5, 0.6) is 0 Å². The number of halogens is 1. The molecule has 1 amide bonds. The van der Waals surface area contributed by atoms with Crippen LogP contribution < -0.4 is 0 Å². The first-order valence-electron chi connectivity index (χ1n) is 8.23. The van der Waals surface area contributed by atoms with E-state index in [1.54, 1.807) is 0 Å². The molecule has 5 rings (SSSR count). The molecule has 4 aliphatic heterocycles. The smallest absolute Gasteiger partial charge is 0.279 e. The second-order valence-corrected chi connectivity index (χ2v) is 7.81. The highest BCUT2D eigenvalue weighted by molar-refractivity contribution is 9.10. The number of benzene rings is 1. The van der Waals surface area contributed by atoms with Crippen molar-refractivity contribution in [3.8, 4) is 0 Å². The van der Waals surface area contributed by atoms with E-state index in [4.69, 9.17) is 0 Å². The van der Waals surface area contributed by atoms with Gasteiger partial charge in [-0.1, -0.05) is 40.2 Å². The highest BCUT2D eigenvalue weighted by Crippen LogP contribution is 2.36. The molecule has 0 aliphatic carbocycles. The van der Waals surface area contributed by atoms with Crippen molar-refractivity contribution in [2.24, 2.45) is 10.2 Å². The Morgan fingerprint density at radius 2 is 2.00 bits per heavy atom. The number of nitrogens with zero attached hydrogens (tertiary/aromatic N) is 4. The summed E-state index contributed by atoms with van der Waals surface area (Å²) in [6.07, 6.45) is 1.28. The molecular formula is C17H21BrN4O. The molecule has 5 nitrogen and oxygen atoms in total. The van der Waals surface area contributed by atoms with Crippen LogP contribution in [0.25, 0.3) is 0 Å². The number of azo groups is 1. The molecule has 0 saturated carbocycles. The van der Waals surface area contributed by atoms with Gasteiger partial charge in [-0.05, 0) is 24.5 Å². The van der Waals surface area contributed by atoms with Gasteiger partial charge in [-0.2, -0.15) is 5.11 Å². The number of amides is 1. The standard InChI is InChI=1S/C17H21BrN4O/c1-11-4-2-3-5-12(11)8-22-13-6-14(22)10-21(9-13)15-7-19-20-17(23)16(15)18/h2-5,13-16H,6-10H2,1H3. The number of carbonyl (C=O) groups excluding carboxylic acids is 1. The summed E-state index contributed by atoms with van der Waals surface area (Å²) >= 11 is 3.51. The Kier molecular flexibility index (Phi) is 4.07. The lowest BCUT2D eigenvalue weighted by molar-refractivity contribution is -0.122. The molecule has 0 aromatic heterocycles. The van der Waals surface area contributed by atoms with Gasteiger partial charge in [0.05, 0.1) is 12.6 Å². The van der Waals surface area contributed by atoms with E-state index in [1.165, 1.54) is 17.5 Å². The van der Waals surface area contributed by atoms with Gasteiger partial charge in [0.25, 0.3) is 5.91 Å². The highest BCUT2D eigenvalue weighted by Gasteiger charge is 2.47. The van der Waals surface area contributed by atoms with Crippen molar-refractivity contribution in [2.75, 3.05) is 19.6 Å². The number of piperazine rings is 1. The lowest BCUT2D eigenvalue weighted by Gasteiger charge is -2.58. The Labute approximate surface area is 144 Å². The molecule has 23 heavy (non-hydrogen) atoms. The Hall–Kier alpha value is -1.11. The zero-order chi connectivity index (χ0) is 16.0. The van der Waals surface area contributed by atoms with Crippen LogP contribution in [0, 0.1) is 6.92 Å². The third-order valence-electron chi connectivity index (χ3n) is 5.47. The second-order valence-electron chi connectivity index (χ2n) is 6.83. The molecule has 0 N–H and O–H groups in total. The van der Waals surface area contributed by atoms with Crippen molar-refractivity contribution in [1.82, 2.24) is 9.80 Å². The zero-order valence-electron chi connectivity index (χ0n) is 13.2. The van der Waals surface area contributed by atoms with Crippen LogP contribution in [0.1, 0.15) is 17.5 Å². The quantitative estimate of drug-likeness (QED) is 0.760. The summed E-state index contributed by atoms with van der Waals surface area (Å²) in [4.78, 5) is 16.6. The fourth-order valence-corrected chi connectivity index (χ4v) is 4.63. The maximum Gasteiger partial charge on any atom is 0.279 e. The number of fused-ring (bicyclic) bond motifs is 2. The predicted molar refractivity (Wildman–Crippen MR) is 91.7 cm³/mol. The summed E-state index contributed by atoms with van der Waals surface area (Å²) in [5, 5.41) is 7.66. The molecule has 3 fully saturated rings. The van der Waals surface area contributed by atoms with Crippen LogP contribution in [-0.2, 0) is 11.3 Å². The Bertz CT molecular complexity index is 637. The fourth-order valence-electron chi connectivity index (χ4n) is 4.04. The topological polar surface area (TPSA) is 48.3 Å². The van der Waals surface area contributed by atoms with E-state index in [-0.39, 0.29) is 16.8 Å². The molecule has 122 valence electrons. The summed E-state index contributed by atoms with van der Waals surface area (Å²) in [7, 11) is 0. The molecule has 1 aromatic rings. The molecule has 4 aliphatic rings. The van der Waals surface area contributed by atoms with Crippen molar-refractivity contribution in [3.63, 3.8) is 0 Å². The van der Waals surface area contributed by atoms with Gasteiger partial charge in [0.1, 0.15) is 4.83 Å². The Morgan fingerprint density at radius 1 is 1.26 bits per heavy atom. The lowest BCUT2D eigenvalue weighted by atomic mass is 9.85. The van der Waals surface area contributed by atoms with Gasteiger partial charge < -0.3 is 0 Å². The number of alkyl halides is 1. The van der Waals surface area contributed by atoms with Crippen molar-refractivity contribution in [2.45, 2.75) is 42.8 Å². The molecule has 0 radical (unpaired) electrons. The average molecular weight is 377 g/mol. The van der Waals surface area contributed by atoms with Crippen LogP contribution >= 0.6 is 15.9 Å². The van der Waals surface area contributed by atoms with Crippen LogP contribution in [-0.4, -0.2) is 58.3 Å². The van der Waals surface area contributed by atoms with Crippen molar-refractivity contribution < 1.29 is 4.79 Å². The maximum atomic E-state index is 11.7. The molecule has 4 heterocycles. The SMILES string of the molecule is Cc1ccccc1CN1C2CC1CN(C1CN=NC(=O)C1Br)C2. The van der Waals surface area contributed by atoms with Crippen LogP contribution in [0.3, 0.4) is 0 Å². The second kappa shape index (κ2) is 6.07. The van der Waals surface area contributed by atoms with Crippen LogP contribution in [0.2, 0.25) is 0 Å². The van der Waals surface area contributed by atoms with Crippen LogP contribution in [0.15, 0.2) is 34.5 Å². The number of piperidine rings is 1. The molecule has 4 atom stereocenters. The third-order valence-corrected chi connectivity index (χ3v) is 6.47. The summed E-state index contributed by atoms with van der Waals surface area (Å²) < 4.78 is 0. The van der Waals surface area contributed by atoms with E-state index in [9.17, 15) is 4.79 Å². The third kappa shape index (κ3) is 2.77. The first kappa shape index (κ1) is 15.4. The number of aryl methyl sites for hydroxylation is 1. The van der Waals surface area contributed by atoms with Crippen molar-refractivity contribution >= 4 is 21.8 Å². The number of carbonyl (C=O) groups is 1.